The Morgan fingerprint density at radius 2 is 1.51 bits per heavy atom. The van der Waals surface area contributed by atoms with E-state index in [0.717, 1.165) is 51.4 Å². The van der Waals surface area contributed by atoms with Gasteiger partial charge in [-0.15, -0.1) is 0 Å². The predicted octanol–water partition coefficient (Wildman–Crippen LogP) is 5.32. The summed E-state index contributed by atoms with van der Waals surface area (Å²) < 4.78 is 27.4. The van der Waals surface area contributed by atoms with Gasteiger partial charge in [0.05, 0.1) is 34.4 Å². The normalized spacial score (nSPS) is 15.3. The van der Waals surface area contributed by atoms with Crippen LogP contribution in [0.3, 0.4) is 0 Å². The molecule has 35 heavy (non-hydrogen) atoms. The van der Waals surface area contributed by atoms with Crippen LogP contribution in [0.15, 0.2) is 36.5 Å². The molecule has 8 nitrogen and oxygen atoms in total. The summed E-state index contributed by atoms with van der Waals surface area (Å²) in [5.74, 6) is -0.451. The fourth-order valence-corrected chi connectivity index (χ4v) is 3.64. The van der Waals surface area contributed by atoms with Crippen molar-refractivity contribution in [3.8, 4) is 0 Å². The Morgan fingerprint density at radius 3 is 2.14 bits per heavy atom. The maximum atomic E-state index is 12.0. The molecule has 0 saturated carbocycles. The van der Waals surface area contributed by atoms with Crippen LogP contribution in [0, 0.1) is 0 Å². The number of likely N-dealkylation sites (N-methyl/N-ethyl adjacent to an activating group) is 1. The smallest absolute Gasteiger partial charge is 0.457 e. The number of carbonyl (C=O) groups excluding carboxylic acids is 1. The number of nitrogens with zero attached hydrogens (tertiary/aromatic N) is 1. The lowest BCUT2D eigenvalue weighted by atomic mass is 10.1. The van der Waals surface area contributed by atoms with Gasteiger partial charge in [-0.25, -0.2) is 4.57 Å². The minimum Gasteiger partial charge on any atom is -0.457 e. The SMILES string of the molecule is CC/C=C\C/C=C\C/C=C\CCCCCCCC(=O)O[C@H](CO)COP(=O)(O)OCC[N+](C)(C)C. The lowest BCUT2D eigenvalue weighted by Crippen LogP contribution is -2.37. The van der Waals surface area contributed by atoms with Gasteiger partial charge in [0.15, 0.2) is 0 Å². The lowest BCUT2D eigenvalue weighted by molar-refractivity contribution is -0.870. The van der Waals surface area contributed by atoms with Crippen molar-refractivity contribution < 1.29 is 37.6 Å². The molecular formula is C26H49NO7P+. The Bertz CT molecular complexity index is 671. The van der Waals surface area contributed by atoms with E-state index in [4.69, 9.17) is 13.8 Å². The van der Waals surface area contributed by atoms with Gasteiger partial charge in [-0.2, -0.15) is 0 Å². The molecule has 0 fully saturated rings. The Morgan fingerprint density at radius 1 is 0.914 bits per heavy atom. The van der Waals surface area contributed by atoms with E-state index >= 15 is 0 Å². The van der Waals surface area contributed by atoms with E-state index in [-0.39, 0.29) is 13.0 Å². The molecule has 0 spiro atoms. The second-order valence-electron chi connectivity index (χ2n) is 9.51. The summed E-state index contributed by atoms with van der Waals surface area (Å²) in [5.41, 5.74) is 0. The topological polar surface area (TPSA) is 102 Å². The molecule has 0 radical (unpaired) electrons. The highest BCUT2D eigenvalue weighted by molar-refractivity contribution is 7.47. The molecule has 0 aliphatic carbocycles. The third-order valence-corrected chi connectivity index (χ3v) is 5.96. The third-order valence-electron chi connectivity index (χ3n) is 4.97. The summed E-state index contributed by atoms with van der Waals surface area (Å²) in [7, 11) is 1.53. The molecule has 204 valence electrons. The average Bonchev–Trinajstić information content (AvgIpc) is 2.78. The first-order chi connectivity index (χ1) is 16.6. The van der Waals surface area contributed by atoms with Crippen LogP contribution in [0.2, 0.25) is 0 Å². The van der Waals surface area contributed by atoms with Crippen molar-refractivity contribution in [1.29, 1.82) is 0 Å². The predicted molar refractivity (Wildman–Crippen MR) is 141 cm³/mol. The molecule has 0 aliphatic rings. The quantitative estimate of drug-likeness (QED) is 0.0657. The molecule has 0 rings (SSSR count). The Labute approximate surface area is 212 Å². The minimum atomic E-state index is -4.27. The van der Waals surface area contributed by atoms with Gasteiger partial charge in [0.2, 0.25) is 0 Å². The van der Waals surface area contributed by atoms with Crippen molar-refractivity contribution in [3.05, 3.63) is 36.5 Å². The first kappa shape index (κ1) is 33.7. The molecule has 2 N–H and O–H groups in total. The highest BCUT2D eigenvalue weighted by atomic mass is 31.2. The zero-order valence-electron chi connectivity index (χ0n) is 22.3. The van der Waals surface area contributed by atoms with Crippen molar-refractivity contribution in [2.24, 2.45) is 0 Å². The first-order valence-corrected chi connectivity index (χ1v) is 14.3. The van der Waals surface area contributed by atoms with Crippen LogP contribution in [-0.2, 0) is 23.1 Å². The van der Waals surface area contributed by atoms with Crippen LogP contribution in [0.5, 0.6) is 0 Å². The first-order valence-electron chi connectivity index (χ1n) is 12.8. The molecule has 0 bridgehead atoms. The average molecular weight is 519 g/mol. The standard InChI is InChI=1S/C26H48NO7P/c1-5-6-7-8-9-10-11-12-13-14-15-16-17-18-19-20-26(29)34-25(23-28)24-33-35(30,31)32-22-21-27(2,3)4/h6-7,9-10,12-13,25,28H,5,8,11,14-24H2,1-4H3/p+1/b7-6-,10-9-,13-12-/t25-/m1/s1. The van der Waals surface area contributed by atoms with Gasteiger partial charge >= 0.3 is 13.8 Å². The number of ether oxygens (including phenoxy) is 1. The summed E-state index contributed by atoms with van der Waals surface area (Å²) in [6.45, 7) is 1.81. The van der Waals surface area contributed by atoms with E-state index in [0.29, 0.717) is 17.4 Å². The van der Waals surface area contributed by atoms with Crippen molar-refractivity contribution in [3.63, 3.8) is 0 Å². The van der Waals surface area contributed by atoms with E-state index in [1.165, 1.54) is 0 Å². The van der Waals surface area contributed by atoms with E-state index in [9.17, 15) is 19.4 Å². The second-order valence-corrected chi connectivity index (χ2v) is 11.0. The van der Waals surface area contributed by atoms with Crippen molar-refractivity contribution >= 4 is 13.8 Å². The maximum absolute atomic E-state index is 12.0. The van der Waals surface area contributed by atoms with Gasteiger partial charge in [-0.3, -0.25) is 13.8 Å². The Balaban J connectivity index is 3.82. The molecule has 0 heterocycles. The van der Waals surface area contributed by atoms with Crippen LogP contribution in [-0.4, -0.2) is 74.1 Å². The van der Waals surface area contributed by atoms with E-state index in [1.54, 1.807) is 0 Å². The number of hydrogen-bond donors (Lipinski definition) is 2. The number of aliphatic hydroxyl groups excluding tert-OH is 1. The van der Waals surface area contributed by atoms with Crippen molar-refractivity contribution in [2.45, 2.75) is 77.2 Å². The highest BCUT2D eigenvalue weighted by Gasteiger charge is 2.25. The molecule has 0 aromatic heterocycles. The van der Waals surface area contributed by atoms with Crippen LogP contribution in [0.1, 0.15) is 71.1 Å². The number of hydrogen-bond acceptors (Lipinski definition) is 6. The molecule has 0 saturated heterocycles. The molecule has 9 heteroatoms. The molecule has 1 unspecified atom stereocenters. The Kier molecular flexibility index (Phi) is 20.1. The van der Waals surface area contributed by atoms with Gasteiger partial charge in [-0.1, -0.05) is 62.6 Å². The van der Waals surface area contributed by atoms with Crippen LogP contribution >= 0.6 is 7.82 Å². The zero-order chi connectivity index (χ0) is 26.4. The molecule has 0 amide bonds. The number of phosphoric acid groups is 1. The summed E-state index contributed by atoms with van der Waals surface area (Å²) in [4.78, 5) is 21.7. The Hall–Kier alpha value is -1.28. The van der Waals surface area contributed by atoms with Gasteiger partial charge < -0.3 is 19.2 Å². The van der Waals surface area contributed by atoms with E-state index in [1.807, 2.05) is 21.1 Å². The third kappa shape index (κ3) is 24.2. The van der Waals surface area contributed by atoms with Gasteiger partial charge in [0, 0.05) is 6.42 Å². The summed E-state index contributed by atoms with van der Waals surface area (Å²) in [6, 6.07) is 0. The van der Waals surface area contributed by atoms with E-state index in [2.05, 4.69) is 43.4 Å². The molecule has 0 aromatic carbocycles. The van der Waals surface area contributed by atoms with Crippen LogP contribution in [0.4, 0.5) is 0 Å². The second kappa shape index (κ2) is 20.9. The molecule has 0 aromatic rings. The van der Waals surface area contributed by atoms with Crippen LogP contribution in [0.25, 0.3) is 0 Å². The van der Waals surface area contributed by atoms with Gasteiger partial charge in [0.25, 0.3) is 0 Å². The fourth-order valence-electron chi connectivity index (χ4n) is 2.90. The number of esters is 1. The van der Waals surface area contributed by atoms with Crippen molar-refractivity contribution in [2.75, 3.05) is 47.5 Å². The fraction of sp³-hybridized carbons (Fsp3) is 0.731. The van der Waals surface area contributed by atoms with Crippen LogP contribution < -0.4 is 0 Å². The number of quaternary nitrogens is 1. The molecular weight excluding hydrogens is 469 g/mol. The van der Waals surface area contributed by atoms with Gasteiger partial charge in [-0.05, 0) is 38.5 Å². The minimum absolute atomic E-state index is 0.0473. The van der Waals surface area contributed by atoms with Crippen molar-refractivity contribution in [1.82, 2.24) is 0 Å². The summed E-state index contributed by atoms with van der Waals surface area (Å²) >= 11 is 0. The number of phosphoric ester groups is 1. The molecule has 0 aliphatic heterocycles. The summed E-state index contributed by atoms with van der Waals surface area (Å²) in [5, 5.41) is 9.37. The number of aliphatic hydroxyl groups is 1. The number of rotatable bonds is 22. The largest absolute Gasteiger partial charge is 0.472 e. The monoisotopic (exact) mass is 518 g/mol. The lowest BCUT2D eigenvalue weighted by Gasteiger charge is -2.24. The maximum Gasteiger partial charge on any atom is 0.472 e. The zero-order valence-corrected chi connectivity index (χ0v) is 23.2. The number of carbonyl (C=O) groups is 1. The van der Waals surface area contributed by atoms with Gasteiger partial charge in [0.1, 0.15) is 19.3 Å². The summed E-state index contributed by atoms with van der Waals surface area (Å²) in [6.07, 6.45) is 21.5. The number of allylic oxidation sites excluding steroid dienone is 6. The van der Waals surface area contributed by atoms with E-state index < -0.39 is 33.1 Å². The molecule has 2 atom stereocenters. The highest BCUT2D eigenvalue weighted by Crippen LogP contribution is 2.43. The number of unbranched alkanes of at least 4 members (excludes halogenated alkanes) is 5.